The third-order valence-electron chi connectivity index (χ3n) is 3.72. The number of carbonyl (C=O) groups excluding carboxylic acids is 1. The number of benzene rings is 2. The van der Waals surface area contributed by atoms with Gasteiger partial charge in [0.25, 0.3) is 0 Å². The predicted molar refractivity (Wildman–Crippen MR) is 84.3 cm³/mol. The summed E-state index contributed by atoms with van der Waals surface area (Å²) < 4.78 is 0. The molecule has 1 aliphatic rings. The Labute approximate surface area is 128 Å². The van der Waals surface area contributed by atoms with Gasteiger partial charge in [-0.2, -0.15) is 0 Å². The molecule has 2 aromatic rings. The Kier molecular flexibility index (Phi) is 4.27. The van der Waals surface area contributed by atoms with Crippen LogP contribution < -0.4 is 5.32 Å². The van der Waals surface area contributed by atoms with Gasteiger partial charge in [0.1, 0.15) is 0 Å². The Balaban J connectivity index is 1.75. The van der Waals surface area contributed by atoms with Crippen molar-refractivity contribution in [2.45, 2.75) is 16.9 Å². The van der Waals surface area contributed by atoms with Crippen LogP contribution in [0.25, 0.3) is 0 Å². The summed E-state index contributed by atoms with van der Waals surface area (Å²) in [6.07, 6.45) is 0. The molecule has 2 N–H and O–H groups in total. The van der Waals surface area contributed by atoms with E-state index in [1.165, 1.54) is 4.90 Å². The fourth-order valence-electron chi connectivity index (χ4n) is 2.57. The first kappa shape index (κ1) is 14.2. The van der Waals surface area contributed by atoms with E-state index in [9.17, 15) is 9.90 Å². The molecule has 1 aliphatic heterocycles. The van der Waals surface area contributed by atoms with Crippen molar-refractivity contribution in [3.8, 4) is 0 Å². The number of aliphatic hydroxyl groups is 1. The number of amides is 1. The van der Waals surface area contributed by atoms with E-state index in [-0.39, 0.29) is 24.5 Å². The molecule has 0 aromatic heterocycles. The minimum atomic E-state index is -0.350. The third-order valence-corrected chi connectivity index (χ3v) is 4.90. The zero-order valence-corrected chi connectivity index (χ0v) is 12.3. The minimum absolute atomic E-state index is 0.0182. The molecule has 21 heavy (non-hydrogen) atoms. The van der Waals surface area contributed by atoms with Crippen LogP contribution in [-0.2, 0) is 4.79 Å². The summed E-state index contributed by atoms with van der Waals surface area (Å²) in [6, 6.07) is 17.2. The fourth-order valence-corrected chi connectivity index (χ4v) is 3.80. The number of rotatable bonds is 4. The van der Waals surface area contributed by atoms with E-state index in [0.29, 0.717) is 0 Å². The molecule has 1 unspecified atom stereocenters. The third kappa shape index (κ3) is 2.96. The lowest BCUT2D eigenvalue weighted by atomic mass is 9.99. The molecule has 0 bridgehead atoms. The zero-order valence-electron chi connectivity index (χ0n) is 11.5. The van der Waals surface area contributed by atoms with E-state index in [1.54, 1.807) is 11.8 Å². The number of carbonyl (C=O) groups is 1. The molecule has 4 heteroatoms. The second-order valence-electron chi connectivity index (χ2n) is 5.06. The normalized spacial score (nSPS) is 18.0. The molecule has 0 fully saturated rings. The van der Waals surface area contributed by atoms with Crippen LogP contribution in [-0.4, -0.2) is 23.4 Å². The average molecular weight is 299 g/mol. The van der Waals surface area contributed by atoms with Crippen LogP contribution in [0.5, 0.6) is 0 Å². The van der Waals surface area contributed by atoms with Gasteiger partial charge in [0.15, 0.2) is 0 Å². The standard InChI is InChI=1S/C17H17NO2S/c19-10-15(12-6-2-1-3-7-12)18-17(20)14-11-21-16-9-5-4-8-13(14)16/h1-9,14-15,19H,10-11H2,(H,18,20)/t14?,15-/m1/s1. The monoisotopic (exact) mass is 299 g/mol. The highest BCUT2D eigenvalue weighted by Gasteiger charge is 2.30. The van der Waals surface area contributed by atoms with Crippen molar-refractivity contribution in [3.05, 3.63) is 65.7 Å². The molecule has 0 saturated heterocycles. The molecular weight excluding hydrogens is 282 g/mol. The topological polar surface area (TPSA) is 49.3 Å². The number of hydrogen-bond donors (Lipinski definition) is 2. The Morgan fingerprint density at radius 3 is 2.67 bits per heavy atom. The predicted octanol–water partition coefficient (Wildman–Crippen LogP) is 2.73. The number of thioether (sulfide) groups is 1. The van der Waals surface area contributed by atoms with Gasteiger partial charge in [0.2, 0.25) is 5.91 Å². The summed E-state index contributed by atoms with van der Waals surface area (Å²) in [5.74, 6) is 0.609. The summed E-state index contributed by atoms with van der Waals surface area (Å²) in [5.41, 5.74) is 2.01. The summed E-state index contributed by atoms with van der Waals surface area (Å²) in [5, 5.41) is 12.5. The van der Waals surface area contributed by atoms with Gasteiger partial charge < -0.3 is 10.4 Å². The van der Waals surface area contributed by atoms with E-state index >= 15 is 0 Å². The minimum Gasteiger partial charge on any atom is -0.394 e. The van der Waals surface area contributed by atoms with Gasteiger partial charge in [0.05, 0.1) is 18.6 Å². The van der Waals surface area contributed by atoms with Crippen LogP contribution in [0.15, 0.2) is 59.5 Å². The molecule has 2 atom stereocenters. The first-order valence-corrected chi connectivity index (χ1v) is 7.96. The molecule has 1 heterocycles. The highest BCUT2D eigenvalue weighted by atomic mass is 32.2. The smallest absolute Gasteiger partial charge is 0.228 e. The largest absolute Gasteiger partial charge is 0.394 e. The second-order valence-corrected chi connectivity index (χ2v) is 6.12. The molecule has 3 nitrogen and oxygen atoms in total. The Bertz CT molecular complexity index is 630. The average Bonchev–Trinajstić information content (AvgIpc) is 2.97. The first-order valence-electron chi connectivity index (χ1n) is 6.97. The second kappa shape index (κ2) is 6.33. The van der Waals surface area contributed by atoms with Gasteiger partial charge in [-0.3, -0.25) is 4.79 Å². The molecule has 108 valence electrons. The van der Waals surface area contributed by atoms with Crippen molar-refractivity contribution in [2.75, 3.05) is 12.4 Å². The summed E-state index contributed by atoms with van der Waals surface area (Å²) >= 11 is 1.71. The maximum atomic E-state index is 12.5. The SMILES string of the molecule is O=C(N[C@H](CO)c1ccccc1)C1CSc2ccccc21. The zero-order chi connectivity index (χ0) is 14.7. The summed E-state index contributed by atoms with van der Waals surface area (Å²) in [4.78, 5) is 13.7. The Morgan fingerprint density at radius 2 is 1.90 bits per heavy atom. The van der Waals surface area contributed by atoms with Crippen LogP contribution in [0.2, 0.25) is 0 Å². The van der Waals surface area contributed by atoms with Crippen LogP contribution in [0.4, 0.5) is 0 Å². The maximum absolute atomic E-state index is 12.5. The van der Waals surface area contributed by atoms with E-state index < -0.39 is 0 Å². The fraction of sp³-hybridized carbons (Fsp3) is 0.235. The van der Waals surface area contributed by atoms with Crippen LogP contribution in [0, 0.1) is 0 Å². The molecule has 0 aliphatic carbocycles. The van der Waals surface area contributed by atoms with Crippen molar-refractivity contribution in [1.29, 1.82) is 0 Å². The molecule has 1 amide bonds. The van der Waals surface area contributed by atoms with E-state index in [4.69, 9.17) is 0 Å². The van der Waals surface area contributed by atoms with Crippen LogP contribution in [0.1, 0.15) is 23.1 Å². The van der Waals surface area contributed by atoms with Gasteiger partial charge in [-0.25, -0.2) is 0 Å². The van der Waals surface area contributed by atoms with Gasteiger partial charge >= 0.3 is 0 Å². The number of aliphatic hydroxyl groups excluding tert-OH is 1. The van der Waals surface area contributed by atoms with Gasteiger partial charge in [-0.05, 0) is 17.2 Å². The van der Waals surface area contributed by atoms with Crippen molar-refractivity contribution in [2.24, 2.45) is 0 Å². The molecule has 2 aromatic carbocycles. The number of nitrogens with one attached hydrogen (secondary N) is 1. The number of fused-ring (bicyclic) bond motifs is 1. The highest BCUT2D eigenvalue weighted by Crippen LogP contribution is 2.39. The van der Waals surface area contributed by atoms with Crippen LogP contribution in [0.3, 0.4) is 0 Å². The lowest BCUT2D eigenvalue weighted by Crippen LogP contribution is -2.34. The highest BCUT2D eigenvalue weighted by molar-refractivity contribution is 7.99. The lowest BCUT2D eigenvalue weighted by Gasteiger charge is -2.19. The molecular formula is C17H17NO2S. The first-order chi connectivity index (χ1) is 10.3. The number of hydrogen-bond acceptors (Lipinski definition) is 3. The van der Waals surface area contributed by atoms with Gasteiger partial charge in [-0.15, -0.1) is 11.8 Å². The van der Waals surface area contributed by atoms with Crippen molar-refractivity contribution < 1.29 is 9.90 Å². The Hall–Kier alpha value is -1.78. The quantitative estimate of drug-likeness (QED) is 0.912. The Morgan fingerprint density at radius 1 is 1.19 bits per heavy atom. The van der Waals surface area contributed by atoms with E-state index in [1.807, 2.05) is 54.6 Å². The summed E-state index contributed by atoms with van der Waals surface area (Å²) in [6.45, 7) is -0.0999. The van der Waals surface area contributed by atoms with E-state index in [0.717, 1.165) is 16.9 Å². The summed E-state index contributed by atoms with van der Waals surface area (Å²) in [7, 11) is 0. The molecule has 3 rings (SSSR count). The van der Waals surface area contributed by atoms with Gasteiger partial charge in [-0.1, -0.05) is 48.5 Å². The maximum Gasteiger partial charge on any atom is 0.228 e. The van der Waals surface area contributed by atoms with Crippen LogP contribution >= 0.6 is 11.8 Å². The van der Waals surface area contributed by atoms with Crippen molar-refractivity contribution >= 4 is 17.7 Å². The van der Waals surface area contributed by atoms with Crippen molar-refractivity contribution in [1.82, 2.24) is 5.32 Å². The van der Waals surface area contributed by atoms with E-state index in [2.05, 4.69) is 5.32 Å². The lowest BCUT2D eigenvalue weighted by molar-refractivity contribution is -0.123. The molecule has 0 spiro atoms. The molecule has 0 saturated carbocycles. The van der Waals surface area contributed by atoms with Crippen molar-refractivity contribution in [3.63, 3.8) is 0 Å². The van der Waals surface area contributed by atoms with Gasteiger partial charge in [0, 0.05) is 10.6 Å². The molecule has 0 radical (unpaired) electrons.